The van der Waals surface area contributed by atoms with Crippen LogP contribution in [-0.2, 0) is 11.3 Å². The number of hydrogen-bond acceptors (Lipinski definition) is 4. The fraction of sp³-hybridized carbons (Fsp3) is 0.500. The summed E-state index contributed by atoms with van der Waals surface area (Å²) in [5, 5.41) is 0. The van der Waals surface area contributed by atoms with Gasteiger partial charge in [-0.3, -0.25) is 0 Å². The fourth-order valence-corrected chi connectivity index (χ4v) is 2.67. The number of hydrogen-bond donors (Lipinski definition) is 1. The predicted octanol–water partition coefficient (Wildman–Crippen LogP) is 1.86. The molecule has 0 bridgehead atoms. The Kier molecular flexibility index (Phi) is 2.74. The summed E-state index contributed by atoms with van der Waals surface area (Å²) in [6, 6.07) is 5.57. The highest BCUT2D eigenvalue weighted by Gasteiger charge is 2.32. The lowest BCUT2D eigenvalue weighted by Gasteiger charge is -2.20. The summed E-state index contributed by atoms with van der Waals surface area (Å²) in [6.45, 7) is 2.50. The van der Waals surface area contributed by atoms with Crippen molar-refractivity contribution in [3.8, 4) is 5.75 Å². The average Bonchev–Trinajstić information content (AvgIpc) is 2.88. The van der Waals surface area contributed by atoms with Crippen molar-refractivity contribution >= 4 is 5.97 Å². The molecule has 2 aliphatic rings. The quantitative estimate of drug-likeness (QED) is 0.810. The van der Waals surface area contributed by atoms with Gasteiger partial charge in [-0.25, -0.2) is 4.79 Å². The average molecular weight is 247 g/mol. The van der Waals surface area contributed by atoms with Crippen molar-refractivity contribution in [3.05, 3.63) is 29.3 Å². The number of benzene rings is 1. The van der Waals surface area contributed by atoms with Crippen LogP contribution in [0.1, 0.15) is 35.7 Å². The monoisotopic (exact) mass is 247 g/mol. The van der Waals surface area contributed by atoms with E-state index in [-0.39, 0.29) is 18.1 Å². The van der Waals surface area contributed by atoms with Gasteiger partial charge < -0.3 is 15.2 Å². The number of ether oxygens (including phenoxy) is 2. The van der Waals surface area contributed by atoms with Crippen LogP contribution in [0.2, 0.25) is 0 Å². The Labute approximate surface area is 106 Å². The largest absolute Gasteiger partial charge is 0.489 e. The van der Waals surface area contributed by atoms with E-state index in [1.165, 1.54) is 0 Å². The fourth-order valence-electron chi connectivity index (χ4n) is 2.67. The molecule has 3 rings (SSSR count). The first-order valence-electron chi connectivity index (χ1n) is 6.37. The Morgan fingerprint density at radius 3 is 2.94 bits per heavy atom. The van der Waals surface area contributed by atoms with E-state index in [2.05, 4.69) is 6.92 Å². The summed E-state index contributed by atoms with van der Waals surface area (Å²) in [5.74, 6) is 1.04. The van der Waals surface area contributed by atoms with Crippen LogP contribution in [0.3, 0.4) is 0 Å². The van der Waals surface area contributed by atoms with Crippen molar-refractivity contribution in [3.63, 3.8) is 0 Å². The van der Waals surface area contributed by atoms with Crippen LogP contribution in [0.4, 0.5) is 0 Å². The van der Waals surface area contributed by atoms with E-state index in [0.29, 0.717) is 18.1 Å². The molecule has 0 saturated heterocycles. The smallest absolute Gasteiger partial charge is 0.338 e. The third kappa shape index (κ3) is 1.86. The summed E-state index contributed by atoms with van der Waals surface area (Å²) in [4.78, 5) is 11.3. The van der Waals surface area contributed by atoms with E-state index in [1.807, 2.05) is 12.1 Å². The SMILES string of the molecule is CC1CCC(Oc2ccc3c(c2)COC3=O)C1N. The van der Waals surface area contributed by atoms with Crippen molar-refractivity contribution in [2.45, 2.75) is 38.5 Å². The molecule has 96 valence electrons. The van der Waals surface area contributed by atoms with Gasteiger partial charge in [0.25, 0.3) is 0 Å². The normalized spacial score (nSPS) is 30.1. The van der Waals surface area contributed by atoms with E-state index < -0.39 is 0 Å². The van der Waals surface area contributed by atoms with E-state index >= 15 is 0 Å². The molecule has 1 fully saturated rings. The lowest BCUT2D eigenvalue weighted by Crippen LogP contribution is -2.37. The zero-order valence-electron chi connectivity index (χ0n) is 10.4. The van der Waals surface area contributed by atoms with Gasteiger partial charge in [-0.05, 0) is 37.0 Å². The van der Waals surface area contributed by atoms with Crippen LogP contribution in [-0.4, -0.2) is 18.1 Å². The molecule has 1 saturated carbocycles. The molecule has 0 radical (unpaired) electrons. The van der Waals surface area contributed by atoms with Gasteiger partial charge in [-0.15, -0.1) is 0 Å². The van der Waals surface area contributed by atoms with Gasteiger partial charge in [0.1, 0.15) is 18.5 Å². The summed E-state index contributed by atoms with van der Waals surface area (Å²) >= 11 is 0. The van der Waals surface area contributed by atoms with Crippen molar-refractivity contribution in [1.82, 2.24) is 0 Å². The van der Waals surface area contributed by atoms with Crippen molar-refractivity contribution in [1.29, 1.82) is 0 Å². The maximum absolute atomic E-state index is 11.3. The van der Waals surface area contributed by atoms with E-state index in [9.17, 15) is 4.79 Å². The van der Waals surface area contributed by atoms with Crippen LogP contribution < -0.4 is 10.5 Å². The minimum absolute atomic E-state index is 0.0797. The Morgan fingerprint density at radius 1 is 1.39 bits per heavy atom. The maximum Gasteiger partial charge on any atom is 0.338 e. The van der Waals surface area contributed by atoms with E-state index in [4.69, 9.17) is 15.2 Å². The predicted molar refractivity (Wildman–Crippen MR) is 66.4 cm³/mol. The number of cyclic esters (lactones) is 1. The van der Waals surface area contributed by atoms with Crippen LogP contribution >= 0.6 is 0 Å². The number of carbonyl (C=O) groups excluding carboxylic acids is 1. The molecule has 2 N–H and O–H groups in total. The highest BCUT2D eigenvalue weighted by atomic mass is 16.5. The summed E-state index contributed by atoms with van der Waals surface area (Å²) in [5.41, 5.74) is 7.65. The number of rotatable bonds is 2. The van der Waals surface area contributed by atoms with Crippen molar-refractivity contribution in [2.75, 3.05) is 0 Å². The summed E-state index contributed by atoms with van der Waals surface area (Å²) < 4.78 is 10.9. The highest BCUT2D eigenvalue weighted by Crippen LogP contribution is 2.30. The van der Waals surface area contributed by atoms with Crippen LogP contribution in [0.25, 0.3) is 0 Å². The Bertz CT molecular complexity index is 486. The van der Waals surface area contributed by atoms with E-state index in [0.717, 1.165) is 24.2 Å². The first kappa shape index (κ1) is 11.5. The molecule has 1 aliphatic heterocycles. The minimum atomic E-state index is -0.247. The highest BCUT2D eigenvalue weighted by molar-refractivity contribution is 5.93. The topological polar surface area (TPSA) is 61.5 Å². The van der Waals surface area contributed by atoms with Gasteiger partial charge in [0, 0.05) is 11.6 Å². The number of esters is 1. The van der Waals surface area contributed by atoms with Crippen LogP contribution in [0, 0.1) is 5.92 Å². The first-order valence-corrected chi connectivity index (χ1v) is 6.37. The molecule has 3 atom stereocenters. The van der Waals surface area contributed by atoms with Gasteiger partial charge >= 0.3 is 5.97 Å². The number of fused-ring (bicyclic) bond motifs is 1. The van der Waals surface area contributed by atoms with Gasteiger partial charge in [0.05, 0.1) is 5.56 Å². The van der Waals surface area contributed by atoms with Crippen LogP contribution in [0.5, 0.6) is 5.75 Å². The lowest BCUT2D eigenvalue weighted by molar-refractivity contribution is 0.0535. The Balaban J connectivity index is 1.76. The number of carbonyl (C=O) groups is 1. The molecule has 0 amide bonds. The zero-order valence-corrected chi connectivity index (χ0v) is 10.4. The third-order valence-electron chi connectivity index (χ3n) is 3.94. The zero-order chi connectivity index (χ0) is 12.7. The van der Waals surface area contributed by atoms with Crippen LogP contribution in [0.15, 0.2) is 18.2 Å². The molecule has 1 aromatic rings. The molecule has 0 aromatic heterocycles. The lowest BCUT2D eigenvalue weighted by atomic mass is 10.1. The molecule has 3 unspecified atom stereocenters. The molecule has 4 nitrogen and oxygen atoms in total. The first-order chi connectivity index (χ1) is 8.65. The summed E-state index contributed by atoms with van der Waals surface area (Å²) in [7, 11) is 0. The van der Waals surface area contributed by atoms with Gasteiger partial charge in [-0.1, -0.05) is 6.92 Å². The second-order valence-electron chi connectivity index (χ2n) is 5.18. The molecular formula is C14H17NO3. The van der Waals surface area contributed by atoms with Crippen molar-refractivity contribution in [2.24, 2.45) is 11.7 Å². The van der Waals surface area contributed by atoms with Gasteiger partial charge in [-0.2, -0.15) is 0 Å². The Hall–Kier alpha value is -1.55. The standard InChI is InChI=1S/C14H17NO3/c1-8-2-5-12(13(8)15)18-10-3-4-11-9(6-10)7-17-14(11)16/h3-4,6,8,12-13H,2,5,7,15H2,1H3. The molecule has 1 aliphatic carbocycles. The second-order valence-corrected chi connectivity index (χ2v) is 5.18. The molecule has 1 heterocycles. The van der Waals surface area contributed by atoms with E-state index in [1.54, 1.807) is 6.07 Å². The molecular weight excluding hydrogens is 230 g/mol. The molecule has 4 heteroatoms. The third-order valence-corrected chi connectivity index (χ3v) is 3.94. The minimum Gasteiger partial charge on any atom is -0.489 e. The van der Waals surface area contributed by atoms with Crippen molar-refractivity contribution < 1.29 is 14.3 Å². The number of nitrogens with two attached hydrogens (primary N) is 1. The Morgan fingerprint density at radius 2 is 2.22 bits per heavy atom. The second kappa shape index (κ2) is 4.28. The molecule has 18 heavy (non-hydrogen) atoms. The summed E-state index contributed by atoms with van der Waals surface area (Å²) in [6.07, 6.45) is 2.18. The molecule has 0 spiro atoms. The van der Waals surface area contributed by atoms with Gasteiger partial charge in [0.15, 0.2) is 0 Å². The molecule has 1 aromatic carbocycles. The van der Waals surface area contributed by atoms with Gasteiger partial charge in [0.2, 0.25) is 0 Å². The maximum atomic E-state index is 11.3.